The Morgan fingerprint density at radius 1 is 1.37 bits per heavy atom. The Kier molecular flexibility index (Phi) is 3.05. The van der Waals surface area contributed by atoms with Crippen LogP contribution in [0.2, 0.25) is 0 Å². The van der Waals surface area contributed by atoms with E-state index in [4.69, 9.17) is 0 Å². The summed E-state index contributed by atoms with van der Waals surface area (Å²) in [6.07, 6.45) is 1.93. The number of fused-ring (bicyclic) bond motifs is 1. The first-order valence-corrected chi connectivity index (χ1v) is 6.77. The molecule has 2 heterocycles. The van der Waals surface area contributed by atoms with Crippen molar-refractivity contribution < 1.29 is 4.79 Å². The Hall–Kier alpha value is -2.14. The molecule has 4 nitrogen and oxygen atoms in total. The Morgan fingerprint density at radius 2 is 2.21 bits per heavy atom. The number of benzene rings is 1. The standard InChI is InChI=1S/C14H13N3OS/c1-10-8-14(19-16-10)15-13(18)9-17-7-6-11-4-2-3-5-12(11)17/h2-8H,9H2,1H3,(H,15,18). The third-order valence-electron chi connectivity index (χ3n) is 2.88. The topological polar surface area (TPSA) is 46.9 Å². The van der Waals surface area contributed by atoms with E-state index in [9.17, 15) is 4.79 Å². The first-order chi connectivity index (χ1) is 9.22. The van der Waals surface area contributed by atoms with Crippen LogP contribution in [0.5, 0.6) is 0 Å². The minimum atomic E-state index is -0.0370. The van der Waals surface area contributed by atoms with Gasteiger partial charge in [0, 0.05) is 11.7 Å². The largest absolute Gasteiger partial charge is 0.338 e. The number of carbonyl (C=O) groups excluding carboxylic acids is 1. The van der Waals surface area contributed by atoms with Crippen LogP contribution >= 0.6 is 11.5 Å². The molecule has 3 aromatic rings. The van der Waals surface area contributed by atoms with Gasteiger partial charge in [-0.2, -0.15) is 4.37 Å². The lowest BCUT2D eigenvalue weighted by Gasteiger charge is -2.05. The minimum absolute atomic E-state index is 0.0370. The number of hydrogen-bond donors (Lipinski definition) is 1. The lowest BCUT2D eigenvalue weighted by molar-refractivity contribution is -0.116. The predicted molar refractivity (Wildman–Crippen MR) is 77.4 cm³/mol. The highest BCUT2D eigenvalue weighted by Crippen LogP contribution is 2.17. The van der Waals surface area contributed by atoms with Crippen LogP contribution in [0, 0.1) is 6.92 Å². The predicted octanol–water partition coefficient (Wildman–Crippen LogP) is 3.04. The number of nitrogens with one attached hydrogen (secondary N) is 1. The molecule has 5 heteroatoms. The summed E-state index contributed by atoms with van der Waals surface area (Å²) in [5.41, 5.74) is 1.99. The van der Waals surface area contributed by atoms with Crippen molar-refractivity contribution in [3.8, 4) is 0 Å². The van der Waals surface area contributed by atoms with Gasteiger partial charge < -0.3 is 9.88 Å². The Balaban J connectivity index is 1.76. The smallest absolute Gasteiger partial charge is 0.244 e. The number of para-hydroxylation sites is 1. The van der Waals surface area contributed by atoms with Crippen molar-refractivity contribution in [1.29, 1.82) is 0 Å². The van der Waals surface area contributed by atoms with Crippen molar-refractivity contribution in [2.24, 2.45) is 0 Å². The summed E-state index contributed by atoms with van der Waals surface area (Å²) < 4.78 is 6.08. The average molecular weight is 271 g/mol. The minimum Gasteiger partial charge on any atom is -0.338 e. The summed E-state index contributed by atoms with van der Waals surface area (Å²) in [5, 5.41) is 4.80. The summed E-state index contributed by atoms with van der Waals surface area (Å²) in [7, 11) is 0. The molecule has 19 heavy (non-hydrogen) atoms. The number of aromatic nitrogens is 2. The van der Waals surface area contributed by atoms with Gasteiger partial charge in [-0.25, -0.2) is 0 Å². The molecular weight excluding hydrogens is 258 g/mol. The van der Waals surface area contributed by atoms with Crippen LogP contribution in [-0.4, -0.2) is 14.8 Å². The highest BCUT2D eigenvalue weighted by Gasteiger charge is 2.07. The zero-order valence-corrected chi connectivity index (χ0v) is 11.3. The van der Waals surface area contributed by atoms with Crippen LogP contribution in [0.15, 0.2) is 42.6 Å². The molecule has 96 valence electrons. The van der Waals surface area contributed by atoms with Crippen molar-refractivity contribution in [1.82, 2.24) is 8.94 Å². The molecular formula is C14H13N3OS. The van der Waals surface area contributed by atoms with Gasteiger partial charge in [0.1, 0.15) is 11.5 Å². The van der Waals surface area contributed by atoms with Crippen molar-refractivity contribution >= 4 is 33.3 Å². The molecule has 3 rings (SSSR count). The maximum absolute atomic E-state index is 12.0. The van der Waals surface area contributed by atoms with Gasteiger partial charge >= 0.3 is 0 Å². The van der Waals surface area contributed by atoms with E-state index in [1.807, 2.05) is 54.1 Å². The Bertz CT molecular complexity index is 729. The second-order valence-electron chi connectivity index (χ2n) is 4.38. The quantitative estimate of drug-likeness (QED) is 0.796. The third-order valence-corrected chi connectivity index (χ3v) is 3.68. The molecule has 1 N–H and O–H groups in total. The molecule has 0 bridgehead atoms. The summed E-state index contributed by atoms with van der Waals surface area (Å²) in [6, 6.07) is 11.9. The highest BCUT2D eigenvalue weighted by molar-refractivity contribution is 7.10. The molecule has 0 saturated carbocycles. The SMILES string of the molecule is Cc1cc(NC(=O)Cn2ccc3ccccc32)sn1. The first-order valence-electron chi connectivity index (χ1n) is 5.99. The van der Waals surface area contributed by atoms with Gasteiger partial charge in [0.15, 0.2) is 0 Å². The van der Waals surface area contributed by atoms with Crippen LogP contribution in [0.25, 0.3) is 10.9 Å². The normalized spacial score (nSPS) is 10.8. The lowest BCUT2D eigenvalue weighted by Crippen LogP contribution is -2.17. The lowest BCUT2D eigenvalue weighted by atomic mass is 10.2. The second kappa shape index (κ2) is 4.85. The molecule has 1 aromatic carbocycles. The summed E-state index contributed by atoms with van der Waals surface area (Å²) in [5.74, 6) is -0.0370. The van der Waals surface area contributed by atoms with Crippen LogP contribution in [0.1, 0.15) is 5.69 Å². The van der Waals surface area contributed by atoms with E-state index in [0.29, 0.717) is 6.54 Å². The fourth-order valence-corrected chi connectivity index (χ4v) is 2.71. The van der Waals surface area contributed by atoms with Crippen molar-refractivity contribution in [2.75, 3.05) is 5.32 Å². The van der Waals surface area contributed by atoms with E-state index in [-0.39, 0.29) is 5.91 Å². The summed E-state index contributed by atoms with van der Waals surface area (Å²) in [6.45, 7) is 2.22. The molecule has 1 amide bonds. The highest BCUT2D eigenvalue weighted by atomic mass is 32.1. The van der Waals surface area contributed by atoms with Crippen LogP contribution < -0.4 is 5.32 Å². The van der Waals surface area contributed by atoms with Crippen LogP contribution in [-0.2, 0) is 11.3 Å². The number of aryl methyl sites for hydroxylation is 1. The van der Waals surface area contributed by atoms with Gasteiger partial charge in [0.2, 0.25) is 5.91 Å². The fourth-order valence-electron chi connectivity index (χ4n) is 2.03. The third kappa shape index (κ3) is 2.51. The van der Waals surface area contributed by atoms with E-state index < -0.39 is 0 Å². The molecule has 0 radical (unpaired) electrons. The maximum atomic E-state index is 12.0. The van der Waals surface area contributed by atoms with Gasteiger partial charge in [-0.05, 0) is 42.0 Å². The summed E-state index contributed by atoms with van der Waals surface area (Å²) >= 11 is 1.30. The Labute approximate surface area is 114 Å². The van der Waals surface area contributed by atoms with Gasteiger partial charge in [0.05, 0.1) is 5.69 Å². The van der Waals surface area contributed by atoms with E-state index in [1.165, 1.54) is 11.5 Å². The maximum Gasteiger partial charge on any atom is 0.244 e. The number of rotatable bonds is 3. The fraction of sp³-hybridized carbons (Fsp3) is 0.143. The van der Waals surface area contributed by atoms with Gasteiger partial charge in [0.25, 0.3) is 0 Å². The summed E-state index contributed by atoms with van der Waals surface area (Å²) in [4.78, 5) is 12.0. The van der Waals surface area contributed by atoms with Gasteiger partial charge in [-0.3, -0.25) is 4.79 Å². The van der Waals surface area contributed by atoms with Crippen LogP contribution in [0.4, 0.5) is 5.00 Å². The van der Waals surface area contributed by atoms with Gasteiger partial charge in [-0.15, -0.1) is 0 Å². The van der Waals surface area contributed by atoms with Gasteiger partial charge in [-0.1, -0.05) is 18.2 Å². The number of nitrogens with zero attached hydrogens (tertiary/aromatic N) is 2. The van der Waals surface area contributed by atoms with E-state index >= 15 is 0 Å². The number of carbonyl (C=O) groups is 1. The monoisotopic (exact) mass is 271 g/mol. The molecule has 0 aliphatic carbocycles. The van der Waals surface area contributed by atoms with E-state index in [2.05, 4.69) is 9.69 Å². The van der Waals surface area contributed by atoms with E-state index in [1.54, 1.807) is 0 Å². The Morgan fingerprint density at radius 3 is 3.00 bits per heavy atom. The molecule has 0 spiro atoms. The average Bonchev–Trinajstić information content (AvgIpc) is 2.97. The molecule has 0 aliphatic rings. The number of anilines is 1. The molecule has 0 aliphatic heterocycles. The van der Waals surface area contributed by atoms with Crippen molar-refractivity contribution in [3.05, 3.63) is 48.3 Å². The molecule has 0 atom stereocenters. The second-order valence-corrected chi connectivity index (χ2v) is 5.19. The molecule has 0 saturated heterocycles. The molecule has 0 unspecified atom stereocenters. The number of amides is 1. The van der Waals surface area contributed by atoms with Crippen LogP contribution in [0.3, 0.4) is 0 Å². The zero-order valence-electron chi connectivity index (χ0n) is 10.5. The van der Waals surface area contributed by atoms with Crippen molar-refractivity contribution in [3.63, 3.8) is 0 Å². The molecule has 2 aromatic heterocycles. The number of hydrogen-bond acceptors (Lipinski definition) is 3. The van der Waals surface area contributed by atoms with Crippen molar-refractivity contribution in [2.45, 2.75) is 13.5 Å². The van der Waals surface area contributed by atoms with E-state index in [0.717, 1.165) is 21.6 Å². The zero-order chi connectivity index (χ0) is 13.2. The first kappa shape index (κ1) is 11.9. The molecule has 0 fully saturated rings.